The van der Waals surface area contributed by atoms with Crippen LogP contribution in [0.1, 0.15) is 20.3 Å². The Hall–Kier alpha value is -0.330. The van der Waals surface area contributed by atoms with Gasteiger partial charge in [0.1, 0.15) is 0 Å². The van der Waals surface area contributed by atoms with Crippen LogP contribution < -0.4 is 5.32 Å². The second-order valence-corrected chi connectivity index (χ2v) is 4.89. The van der Waals surface area contributed by atoms with E-state index in [2.05, 4.69) is 5.32 Å². The van der Waals surface area contributed by atoms with Crippen LogP contribution in [0.15, 0.2) is 0 Å². The minimum atomic E-state index is -4.10. The van der Waals surface area contributed by atoms with E-state index in [1.165, 1.54) is 0 Å². The Balaban J connectivity index is 2.43. The fraction of sp³-hybridized carbons (Fsp3) is 1.00. The van der Waals surface area contributed by atoms with Crippen molar-refractivity contribution in [2.45, 2.75) is 38.5 Å². The minimum Gasteiger partial charge on any atom is -0.395 e. The van der Waals surface area contributed by atoms with Crippen LogP contribution in [0.4, 0.5) is 13.2 Å². The lowest BCUT2D eigenvalue weighted by atomic mass is 10.0. The zero-order valence-corrected chi connectivity index (χ0v) is 10.3. The molecule has 6 heteroatoms. The smallest absolute Gasteiger partial charge is 0.393 e. The van der Waals surface area contributed by atoms with Crippen LogP contribution in [0.3, 0.4) is 0 Å². The Morgan fingerprint density at radius 2 is 2.06 bits per heavy atom. The molecule has 1 aliphatic heterocycles. The van der Waals surface area contributed by atoms with Gasteiger partial charge in [0.05, 0.1) is 12.5 Å². The zero-order chi connectivity index (χ0) is 13.1. The highest BCUT2D eigenvalue weighted by Crippen LogP contribution is 2.32. The number of nitrogens with zero attached hydrogens (tertiary/aromatic N) is 1. The highest BCUT2D eigenvalue weighted by Gasteiger charge is 2.44. The zero-order valence-electron chi connectivity index (χ0n) is 10.3. The van der Waals surface area contributed by atoms with Gasteiger partial charge >= 0.3 is 6.18 Å². The van der Waals surface area contributed by atoms with E-state index >= 15 is 0 Å². The standard InChI is InChI=1S/C11H21F3N2O/c1-8(2)16(3-4-17)7-10-5-9(6-15-10)11(12,13)14/h8-10,15,17H,3-7H2,1-2H3. The molecule has 3 nitrogen and oxygen atoms in total. The molecule has 0 amide bonds. The Bertz CT molecular complexity index is 233. The molecule has 1 rings (SSSR count). The molecule has 102 valence electrons. The van der Waals surface area contributed by atoms with Crippen LogP contribution in [0, 0.1) is 5.92 Å². The molecule has 17 heavy (non-hydrogen) atoms. The SMILES string of the molecule is CC(C)N(CCO)CC1CC(C(F)(F)F)CN1. The third-order valence-electron chi connectivity index (χ3n) is 3.26. The van der Waals surface area contributed by atoms with Crippen LogP contribution in [-0.4, -0.2) is 54.5 Å². The van der Waals surface area contributed by atoms with Crippen molar-refractivity contribution in [3.05, 3.63) is 0 Å². The molecule has 0 spiro atoms. The predicted molar refractivity (Wildman–Crippen MR) is 59.7 cm³/mol. The summed E-state index contributed by atoms with van der Waals surface area (Å²) in [4.78, 5) is 2.00. The first-order valence-electron chi connectivity index (χ1n) is 5.99. The number of aliphatic hydroxyl groups is 1. The topological polar surface area (TPSA) is 35.5 Å². The van der Waals surface area contributed by atoms with Gasteiger partial charge in [-0.15, -0.1) is 0 Å². The van der Waals surface area contributed by atoms with Crippen LogP contribution in [0.2, 0.25) is 0 Å². The van der Waals surface area contributed by atoms with E-state index in [-0.39, 0.29) is 31.7 Å². The number of nitrogens with one attached hydrogen (secondary N) is 1. The highest BCUT2D eigenvalue weighted by molar-refractivity contribution is 4.87. The van der Waals surface area contributed by atoms with Crippen molar-refractivity contribution in [3.8, 4) is 0 Å². The molecule has 0 aromatic heterocycles. The quantitative estimate of drug-likeness (QED) is 0.774. The van der Waals surface area contributed by atoms with E-state index in [4.69, 9.17) is 5.11 Å². The monoisotopic (exact) mass is 254 g/mol. The molecule has 0 aliphatic carbocycles. The Morgan fingerprint density at radius 1 is 1.41 bits per heavy atom. The van der Waals surface area contributed by atoms with Crippen LogP contribution >= 0.6 is 0 Å². The summed E-state index contributed by atoms with van der Waals surface area (Å²) in [6.07, 6.45) is -3.96. The molecule has 0 saturated carbocycles. The summed E-state index contributed by atoms with van der Waals surface area (Å²) in [6, 6.07) is 0.101. The van der Waals surface area contributed by atoms with Gasteiger partial charge < -0.3 is 10.4 Å². The molecule has 1 fully saturated rings. The maximum Gasteiger partial charge on any atom is 0.393 e. The van der Waals surface area contributed by atoms with Gasteiger partial charge in [-0.2, -0.15) is 13.2 Å². The Morgan fingerprint density at radius 3 is 2.47 bits per heavy atom. The van der Waals surface area contributed by atoms with Crippen LogP contribution in [0.25, 0.3) is 0 Å². The summed E-state index contributed by atoms with van der Waals surface area (Å²) in [7, 11) is 0. The number of hydrogen-bond acceptors (Lipinski definition) is 3. The highest BCUT2D eigenvalue weighted by atomic mass is 19.4. The van der Waals surface area contributed by atoms with E-state index in [0.717, 1.165) is 0 Å². The van der Waals surface area contributed by atoms with E-state index in [9.17, 15) is 13.2 Å². The molecule has 0 aromatic carbocycles. The molecule has 1 aliphatic rings. The third kappa shape index (κ3) is 4.44. The van der Waals surface area contributed by atoms with Gasteiger partial charge in [-0.25, -0.2) is 0 Å². The van der Waals surface area contributed by atoms with Gasteiger partial charge in [0.25, 0.3) is 0 Å². The first-order chi connectivity index (χ1) is 7.84. The molecule has 0 bridgehead atoms. The van der Waals surface area contributed by atoms with E-state index < -0.39 is 12.1 Å². The van der Waals surface area contributed by atoms with Crippen molar-refractivity contribution >= 4 is 0 Å². The van der Waals surface area contributed by atoms with Crippen molar-refractivity contribution in [1.29, 1.82) is 0 Å². The van der Waals surface area contributed by atoms with Gasteiger partial charge in [-0.3, -0.25) is 4.90 Å². The molecule has 0 aromatic rings. The molecular formula is C11H21F3N2O. The lowest BCUT2D eigenvalue weighted by molar-refractivity contribution is -0.169. The average molecular weight is 254 g/mol. The molecule has 2 unspecified atom stereocenters. The molecule has 1 heterocycles. The van der Waals surface area contributed by atoms with Crippen molar-refractivity contribution in [1.82, 2.24) is 10.2 Å². The van der Waals surface area contributed by atoms with Crippen molar-refractivity contribution < 1.29 is 18.3 Å². The number of rotatable bonds is 5. The van der Waals surface area contributed by atoms with Gasteiger partial charge in [-0.1, -0.05) is 0 Å². The molecular weight excluding hydrogens is 233 g/mol. The van der Waals surface area contributed by atoms with Crippen molar-refractivity contribution in [3.63, 3.8) is 0 Å². The first kappa shape index (κ1) is 14.7. The summed E-state index contributed by atoms with van der Waals surface area (Å²) in [5.41, 5.74) is 0. The van der Waals surface area contributed by atoms with Crippen molar-refractivity contribution in [2.75, 3.05) is 26.2 Å². The second kappa shape index (κ2) is 6.02. The summed E-state index contributed by atoms with van der Waals surface area (Å²) in [5.74, 6) is -1.23. The summed E-state index contributed by atoms with van der Waals surface area (Å²) in [5, 5.41) is 11.8. The molecule has 1 saturated heterocycles. The maximum absolute atomic E-state index is 12.5. The van der Waals surface area contributed by atoms with Crippen LogP contribution in [-0.2, 0) is 0 Å². The number of alkyl halides is 3. The lowest BCUT2D eigenvalue weighted by Gasteiger charge is -2.28. The number of halogens is 3. The van der Waals surface area contributed by atoms with Crippen LogP contribution in [0.5, 0.6) is 0 Å². The summed E-state index contributed by atoms with van der Waals surface area (Å²) < 4.78 is 37.5. The minimum absolute atomic E-state index is 0.0131. The third-order valence-corrected chi connectivity index (χ3v) is 3.26. The average Bonchev–Trinajstić information content (AvgIpc) is 2.64. The van der Waals surface area contributed by atoms with Gasteiger partial charge in [0.15, 0.2) is 0 Å². The van der Waals surface area contributed by atoms with Gasteiger partial charge in [0.2, 0.25) is 0 Å². The molecule has 2 N–H and O–H groups in total. The van der Waals surface area contributed by atoms with Crippen molar-refractivity contribution in [2.24, 2.45) is 5.92 Å². The van der Waals surface area contributed by atoms with Gasteiger partial charge in [0, 0.05) is 31.7 Å². The fourth-order valence-electron chi connectivity index (χ4n) is 2.18. The van der Waals surface area contributed by atoms with E-state index in [0.29, 0.717) is 13.1 Å². The maximum atomic E-state index is 12.5. The summed E-state index contributed by atoms with van der Waals surface area (Å²) in [6.45, 7) is 5.07. The molecule has 2 atom stereocenters. The number of aliphatic hydroxyl groups excluding tert-OH is 1. The summed E-state index contributed by atoms with van der Waals surface area (Å²) >= 11 is 0. The Labute approximate surface area is 100.0 Å². The second-order valence-electron chi connectivity index (χ2n) is 4.89. The lowest BCUT2D eigenvalue weighted by Crippen LogP contribution is -2.42. The van der Waals surface area contributed by atoms with Gasteiger partial charge in [-0.05, 0) is 20.3 Å². The Kier molecular flexibility index (Phi) is 5.22. The fourth-order valence-corrected chi connectivity index (χ4v) is 2.18. The first-order valence-corrected chi connectivity index (χ1v) is 5.99. The van der Waals surface area contributed by atoms with E-state index in [1.54, 1.807) is 0 Å². The normalized spacial score (nSPS) is 26.1. The largest absolute Gasteiger partial charge is 0.395 e. The van der Waals surface area contributed by atoms with E-state index in [1.807, 2.05) is 18.7 Å². The predicted octanol–water partition coefficient (Wildman–Crippen LogP) is 1.23. The molecule has 0 radical (unpaired) electrons. The number of hydrogen-bond donors (Lipinski definition) is 2.